The van der Waals surface area contributed by atoms with Crippen molar-refractivity contribution >= 4 is 11.4 Å². The summed E-state index contributed by atoms with van der Waals surface area (Å²) in [6.45, 7) is 5.78. The van der Waals surface area contributed by atoms with Crippen LogP contribution in [-0.4, -0.2) is 67.4 Å². The van der Waals surface area contributed by atoms with E-state index in [-0.39, 0.29) is 5.56 Å². The highest BCUT2D eigenvalue weighted by molar-refractivity contribution is 5.74. The molecular formula is C34H37N5O4. The lowest BCUT2D eigenvalue weighted by Crippen LogP contribution is -2.38. The molecule has 2 N–H and O–H groups in total. The van der Waals surface area contributed by atoms with Gasteiger partial charge in [0.05, 0.1) is 26.0 Å². The van der Waals surface area contributed by atoms with E-state index in [9.17, 15) is 4.79 Å². The number of H-pyrrole nitrogens is 1. The molecule has 5 heterocycles. The Hall–Kier alpha value is -4.34. The third-order valence-electron chi connectivity index (χ3n) is 8.68. The molecule has 7 rings (SSSR count). The smallest absolute Gasteiger partial charge is 0.250 e. The number of fused-ring (bicyclic) bond motifs is 2. The molecule has 0 spiro atoms. The summed E-state index contributed by atoms with van der Waals surface area (Å²) < 4.78 is 17.5. The van der Waals surface area contributed by atoms with E-state index in [1.807, 2.05) is 30.5 Å². The van der Waals surface area contributed by atoms with Gasteiger partial charge >= 0.3 is 0 Å². The lowest BCUT2D eigenvalue weighted by molar-refractivity contribution is 0.122. The Balaban J connectivity index is 1.03. The van der Waals surface area contributed by atoms with Gasteiger partial charge in [0, 0.05) is 91.7 Å². The molecule has 2 aromatic carbocycles. The van der Waals surface area contributed by atoms with Crippen LogP contribution in [0.2, 0.25) is 0 Å². The highest BCUT2D eigenvalue weighted by Crippen LogP contribution is 2.43. The molecule has 3 aliphatic rings. The van der Waals surface area contributed by atoms with Gasteiger partial charge in [0.1, 0.15) is 17.2 Å². The number of nitrogens with zero attached hydrogens (tertiary/aromatic N) is 3. The van der Waals surface area contributed by atoms with Crippen molar-refractivity contribution in [1.29, 1.82) is 0 Å². The molecule has 3 aliphatic heterocycles. The van der Waals surface area contributed by atoms with Crippen molar-refractivity contribution in [2.24, 2.45) is 0 Å². The van der Waals surface area contributed by atoms with Crippen molar-refractivity contribution in [2.45, 2.75) is 31.8 Å². The number of morpholine rings is 1. The molecule has 2 fully saturated rings. The van der Waals surface area contributed by atoms with Crippen LogP contribution in [-0.2, 0) is 17.7 Å². The number of nitrogens with one attached hydrogen (secondary N) is 2. The number of likely N-dealkylation sites (tertiary alicyclic amines) is 1. The van der Waals surface area contributed by atoms with Crippen LogP contribution >= 0.6 is 0 Å². The molecule has 9 heteroatoms. The summed E-state index contributed by atoms with van der Waals surface area (Å²) >= 11 is 0. The minimum Gasteiger partial charge on any atom is -0.496 e. The molecule has 2 aromatic heterocycles. The first-order valence-corrected chi connectivity index (χ1v) is 15.1. The third kappa shape index (κ3) is 5.96. The Bertz CT molecular complexity index is 1660. The van der Waals surface area contributed by atoms with Gasteiger partial charge in [-0.2, -0.15) is 0 Å². The molecule has 9 nitrogen and oxygen atoms in total. The second-order valence-electron chi connectivity index (χ2n) is 11.5. The van der Waals surface area contributed by atoms with Gasteiger partial charge in [-0.25, -0.2) is 0 Å². The fourth-order valence-corrected chi connectivity index (χ4v) is 6.40. The maximum Gasteiger partial charge on any atom is 0.250 e. The molecule has 0 unspecified atom stereocenters. The van der Waals surface area contributed by atoms with Gasteiger partial charge in [0.15, 0.2) is 0 Å². The number of para-hydroxylation sites is 1. The predicted molar refractivity (Wildman–Crippen MR) is 168 cm³/mol. The number of hydrogen-bond acceptors (Lipinski definition) is 8. The summed E-state index contributed by atoms with van der Waals surface area (Å²) in [4.78, 5) is 24.6. The number of anilines is 2. The maximum atomic E-state index is 12.6. The summed E-state index contributed by atoms with van der Waals surface area (Å²) in [6, 6.07) is 18.6. The Morgan fingerprint density at radius 1 is 1.02 bits per heavy atom. The quantitative estimate of drug-likeness (QED) is 0.277. The van der Waals surface area contributed by atoms with E-state index >= 15 is 0 Å². The zero-order valence-electron chi connectivity index (χ0n) is 24.5. The van der Waals surface area contributed by atoms with Gasteiger partial charge in [-0.15, -0.1) is 0 Å². The predicted octanol–water partition coefficient (Wildman–Crippen LogP) is 5.06. The summed E-state index contributed by atoms with van der Waals surface area (Å²) in [7, 11) is 1.71. The number of aromatic amines is 1. The first-order valence-electron chi connectivity index (χ1n) is 15.1. The molecule has 0 bridgehead atoms. The van der Waals surface area contributed by atoms with Crippen LogP contribution < -0.4 is 25.2 Å². The monoisotopic (exact) mass is 579 g/mol. The van der Waals surface area contributed by atoms with E-state index in [2.05, 4.69) is 49.4 Å². The molecule has 0 atom stereocenters. The van der Waals surface area contributed by atoms with Crippen LogP contribution in [0.3, 0.4) is 0 Å². The number of hydrogen-bond donors (Lipinski definition) is 2. The van der Waals surface area contributed by atoms with Crippen molar-refractivity contribution in [3.05, 3.63) is 94.0 Å². The van der Waals surface area contributed by atoms with Gasteiger partial charge < -0.3 is 29.4 Å². The van der Waals surface area contributed by atoms with Crippen molar-refractivity contribution in [1.82, 2.24) is 14.9 Å². The molecular weight excluding hydrogens is 542 g/mol. The highest BCUT2D eigenvalue weighted by Gasteiger charge is 2.24. The average molecular weight is 580 g/mol. The number of benzene rings is 2. The average Bonchev–Trinajstić information content (AvgIpc) is 3.05. The van der Waals surface area contributed by atoms with E-state index < -0.39 is 0 Å². The summed E-state index contributed by atoms with van der Waals surface area (Å²) in [5.74, 6) is 2.57. The standard InChI is InChI=1S/C34H37N5O4/c1-41-31-7-10-35-21-25(31)22-38-11-8-26(9-12-38)36-27-5-6-32-24(18-27)17-23-3-2-4-29(34(23)43-32)30-19-28(20-33(40)37-30)39-13-15-42-16-14-39/h2-7,10,18-21,26,36H,8-9,11-17,22H2,1H3,(H,37,40). The number of piperidine rings is 1. The topological polar surface area (TPSA) is 92.0 Å². The van der Waals surface area contributed by atoms with E-state index in [0.29, 0.717) is 19.3 Å². The molecule has 2 saturated heterocycles. The third-order valence-corrected chi connectivity index (χ3v) is 8.68. The second-order valence-corrected chi connectivity index (χ2v) is 11.5. The van der Waals surface area contributed by atoms with Crippen molar-refractivity contribution in [2.75, 3.05) is 56.7 Å². The van der Waals surface area contributed by atoms with Crippen LogP contribution in [0.4, 0.5) is 11.4 Å². The lowest BCUT2D eigenvalue weighted by Gasteiger charge is -2.33. The second kappa shape index (κ2) is 12.1. The Morgan fingerprint density at radius 3 is 2.72 bits per heavy atom. The van der Waals surface area contributed by atoms with Gasteiger partial charge in [-0.1, -0.05) is 12.1 Å². The van der Waals surface area contributed by atoms with Crippen LogP contribution in [0.5, 0.6) is 17.2 Å². The largest absolute Gasteiger partial charge is 0.496 e. The maximum absolute atomic E-state index is 12.6. The van der Waals surface area contributed by atoms with Crippen LogP contribution in [0.15, 0.2) is 71.8 Å². The van der Waals surface area contributed by atoms with Crippen LogP contribution in [0.1, 0.15) is 29.5 Å². The Labute approximate surface area is 251 Å². The van der Waals surface area contributed by atoms with Gasteiger partial charge in [0.25, 0.3) is 0 Å². The molecule has 0 aliphatic carbocycles. The number of pyridine rings is 2. The van der Waals surface area contributed by atoms with Gasteiger partial charge in [0.2, 0.25) is 5.56 Å². The fourth-order valence-electron chi connectivity index (χ4n) is 6.40. The summed E-state index contributed by atoms with van der Waals surface area (Å²) in [6.07, 6.45) is 6.59. The highest BCUT2D eigenvalue weighted by atomic mass is 16.5. The fraction of sp³-hybridized carbons (Fsp3) is 0.353. The van der Waals surface area contributed by atoms with Crippen molar-refractivity contribution < 1.29 is 14.2 Å². The molecule has 0 saturated carbocycles. The minimum absolute atomic E-state index is 0.119. The molecule has 0 radical (unpaired) electrons. The lowest BCUT2D eigenvalue weighted by atomic mass is 9.95. The van der Waals surface area contributed by atoms with Crippen LogP contribution in [0, 0.1) is 0 Å². The molecule has 0 amide bonds. The van der Waals surface area contributed by atoms with E-state index in [0.717, 1.165) is 109 Å². The number of ether oxygens (including phenoxy) is 3. The number of aromatic nitrogens is 2. The first kappa shape index (κ1) is 27.5. The number of rotatable bonds is 7. The number of methoxy groups -OCH3 is 1. The Kier molecular flexibility index (Phi) is 7.74. The molecule has 222 valence electrons. The summed E-state index contributed by atoms with van der Waals surface area (Å²) in [5, 5.41) is 3.77. The zero-order valence-corrected chi connectivity index (χ0v) is 24.5. The van der Waals surface area contributed by atoms with Crippen molar-refractivity contribution in [3.63, 3.8) is 0 Å². The zero-order chi connectivity index (χ0) is 29.2. The summed E-state index contributed by atoms with van der Waals surface area (Å²) in [5.41, 5.74) is 6.97. The van der Waals surface area contributed by atoms with E-state index in [1.54, 1.807) is 19.4 Å². The van der Waals surface area contributed by atoms with E-state index in [1.165, 1.54) is 0 Å². The Morgan fingerprint density at radius 2 is 1.88 bits per heavy atom. The molecule has 4 aromatic rings. The van der Waals surface area contributed by atoms with Gasteiger partial charge in [-0.05, 0) is 54.8 Å². The molecule has 43 heavy (non-hydrogen) atoms. The van der Waals surface area contributed by atoms with E-state index in [4.69, 9.17) is 14.2 Å². The van der Waals surface area contributed by atoms with Crippen LogP contribution in [0.25, 0.3) is 11.3 Å². The van der Waals surface area contributed by atoms with Crippen molar-refractivity contribution in [3.8, 4) is 28.5 Å². The minimum atomic E-state index is -0.119. The first-order chi connectivity index (χ1) is 21.1. The normalized spacial score (nSPS) is 17.1. The SMILES string of the molecule is COc1ccncc1CN1CCC(Nc2ccc3c(c2)Cc2cccc(-c4cc(N5CCOCC5)cc(=O)[nH]4)c2O3)CC1. The van der Waals surface area contributed by atoms with Gasteiger partial charge in [-0.3, -0.25) is 14.7 Å².